The molecule has 0 rings (SSSR count). The van der Waals surface area contributed by atoms with Gasteiger partial charge < -0.3 is 9.45 Å². The van der Waals surface area contributed by atoms with Crippen molar-refractivity contribution in [2.24, 2.45) is 0 Å². The van der Waals surface area contributed by atoms with Gasteiger partial charge in [-0.2, -0.15) is 0 Å². The van der Waals surface area contributed by atoms with Crippen LogP contribution in [0.2, 0.25) is 0 Å². The molecule has 0 aliphatic carbocycles. The van der Waals surface area contributed by atoms with Crippen molar-refractivity contribution in [3.05, 3.63) is 12.2 Å². The predicted octanol–water partition coefficient (Wildman–Crippen LogP) is -0.699. The van der Waals surface area contributed by atoms with E-state index in [1.807, 2.05) is 6.08 Å². The van der Waals surface area contributed by atoms with Gasteiger partial charge in [0.15, 0.2) is 0 Å². The molecule has 0 unspecified atom stereocenters. The van der Waals surface area contributed by atoms with Crippen LogP contribution >= 0.6 is 0 Å². The second kappa shape index (κ2) is 13.8. The fourth-order valence-electron chi connectivity index (χ4n) is 1.77. The van der Waals surface area contributed by atoms with Gasteiger partial charge in [0.25, 0.3) is 0 Å². The molecule has 118 valence electrons. The number of carbonyl (C=O) groups excluding carboxylic acids is 1. The van der Waals surface area contributed by atoms with Crippen molar-refractivity contribution in [3.63, 3.8) is 0 Å². The molecule has 0 spiro atoms. The molecule has 21 heavy (non-hydrogen) atoms. The minimum atomic E-state index is -4.18. The third-order valence-electron chi connectivity index (χ3n) is 3.00. The van der Waals surface area contributed by atoms with Crippen molar-refractivity contribution in [2.75, 3.05) is 19.3 Å². The largest absolute Gasteiger partial charge is 1.00 e. The van der Waals surface area contributed by atoms with Gasteiger partial charge >= 0.3 is 29.6 Å². The Kier molecular flexibility index (Phi) is 15.3. The van der Waals surface area contributed by atoms with Gasteiger partial charge in [-0.25, -0.2) is 8.42 Å². The summed E-state index contributed by atoms with van der Waals surface area (Å²) in [7, 11) is -2.58. The van der Waals surface area contributed by atoms with Crippen LogP contribution in [-0.4, -0.2) is 43.1 Å². The van der Waals surface area contributed by atoms with Crippen LogP contribution < -0.4 is 29.6 Å². The molecule has 0 aromatic heterocycles. The zero-order chi connectivity index (χ0) is 15.4. The van der Waals surface area contributed by atoms with E-state index in [1.165, 1.54) is 36.7 Å². The summed E-state index contributed by atoms with van der Waals surface area (Å²) in [6, 6.07) is 0. The fraction of sp³-hybridized carbons (Fsp3) is 0.786. The molecule has 7 heteroatoms. The number of allylic oxidation sites excluding steroid dienone is 1. The third-order valence-corrected chi connectivity index (χ3v) is 3.79. The van der Waals surface area contributed by atoms with Crippen LogP contribution in [0.5, 0.6) is 0 Å². The van der Waals surface area contributed by atoms with Crippen LogP contribution in [0.4, 0.5) is 0 Å². The molecule has 0 atom stereocenters. The maximum absolute atomic E-state index is 11.6. The van der Waals surface area contributed by atoms with Crippen LogP contribution in [0.15, 0.2) is 12.2 Å². The van der Waals surface area contributed by atoms with Crippen molar-refractivity contribution in [3.8, 4) is 0 Å². The number of carbonyl (C=O) groups is 1. The van der Waals surface area contributed by atoms with E-state index in [-0.39, 0.29) is 48.4 Å². The first-order valence-corrected chi connectivity index (χ1v) is 8.79. The molecule has 0 aromatic carbocycles. The molecule has 0 aliphatic heterocycles. The summed E-state index contributed by atoms with van der Waals surface area (Å²) >= 11 is 0. The van der Waals surface area contributed by atoms with E-state index in [1.54, 1.807) is 7.05 Å². The second-order valence-electron chi connectivity index (χ2n) is 4.98. The van der Waals surface area contributed by atoms with E-state index >= 15 is 0 Å². The van der Waals surface area contributed by atoms with Gasteiger partial charge in [0.1, 0.15) is 0 Å². The van der Waals surface area contributed by atoms with E-state index in [2.05, 4.69) is 6.92 Å². The van der Waals surface area contributed by atoms with Gasteiger partial charge in [-0.1, -0.05) is 38.7 Å². The number of amides is 1. The van der Waals surface area contributed by atoms with Gasteiger partial charge in [0.05, 0.1) is 10.1 Å². The van der Waals surface area contributed by atoms with Crippen LogP contribution in [0, 0.1) is 0 Å². The molecule has 0 saturated heterocycles. The fourth-order valence-corrected chi connectivity index (χ4v) is 2.25. The van der Waals surface area contributed by atoms with Crippen LogP contribution in [-0.2, 0) is 14.9 Å². The van der Waals surface area contributed by atoms with E-state index in [9.17, 15) is 17.8 Å². The van der Waals surface area contributed by atoms with Crippen molar-refractivity contribution < 1.29 is 47.3 Å². The molecule has 1 amide bonds. The van der Waals surface area contributed by atoms with Crippen LogP contribution in [0.1, 0.15) is 51.9 Å². The molecular weight excluding hydrogens is 301 g/mol. The quantitative estimate of drug-likeness (QED) is 0.218. The Morgan fingerprint density at radius 1 is 1.14 bits per heavy atom. The Hall–Kier alpha value is 0.120. The van der Waals surface area contributed by atoms with Gasteiger partial charge in [-0.15, -0.1) is 0 Å². The summed E-state index contributed by atoms with van der Waals surface area (Å²) in [6.07, 6.45) is 10.4. The molecule has 5 nitrogen and oxygen atoms in total. The normalized spacial score (nSPS) is 11.4. The number of rotatable bonds is 11. The summed E-state index contributed by atoms with van der Waals surface area (Å²) in [5, 5.41) is 0. The van der Waals surface area contributed by atoms with Crippen molar-refractivity contribution in [1.29, 1.82) is 0 Å². The number of hydrogen-bond acceptors (Lipinski definition) is 4. The first-order chi connectivity index (χ1) is 9.37. The molecule has 0 N–H and O–H groups in total. The molecule has 0 saturated carbocycles. The Morgan fingerprint density at radius 3 is 2.33 bits per heavy atom. The Balaban J connectivity index is 0. The molecule has 0 aromatic rings. The summed E-state index contributed by atoms with van der Waals surface area (Å²) < 4.78 is 31.3. The maximum Gasteiger partial charge on any atom is 1.00 e. The van der Waals surface area contributed by atoms with Gasteiger partial charge in [-0.3, -0.25) is 4.79 Å². The zero-order valence-electron chi connectivity index (χ0n) is 13.5. The van der Waals surface area contributed by atoms with Crippen LogP contribution in [0.3, 0.4) is 0 Å². The van der Waals surface area contributed by atoms with Gasteiger partial charge in [0, 0.05) is 19.3 Å². The summed E-state index contributed by atoms with van der Waals surface area (Å²) in [4.78, 5) is 13.1. The Bertz CT molecular complexity index is 396. The number of likely N-dealkylation sites (N-methyl/N-ethyl adjacent to an activating group) is 1. The van der Waals surface area contributed by atoms with Crippen LogP contribution in [0.25, 0.3) is 0 Å². The zero-order valence-corrected chi connectivity index (χ0v) is 16.3. The van der Waals surface area contributed by atoms with Crippen molar-refractivity contribution in [1.82, 2.24) is 4.90 Å². The monoisotopic (exact) mass is 327 g/mol. The predicted molar refractivity (Wildman–Crippen MR) is 79.3 cm³/mol. The molecule has 0 bridgehead atoms. The minimum Gasteiger partial charge on any atom is -0.748 e. The minimum absolute atomic E-state index is 0. The number of hydrogen-bond donors (Lipinski definition) is 0. The molecule has 0 aliphatic rings. The smallest absolute Gasteiger partial charge is 0.748 e. The second-order valence-corrected chi connectivity index (χ2v) is 6.50. The average Bonchev–Trinajstić information content (AvgIpc) is 2.35. The molecular formula is C14H26NNaO4S. The first kappa shape index (κ1) is 23.4. The van der Waals surface area contributed by atoms with E-state index < -0.39 is 15.9 Å². The maximum atomic E-state index is 11.6. The van der Waals surface area contributed by atoms with Crippen molar-refractivity contribution >= 4 is 16.0 Å². The third kappa shape index (κ3) is 16.3. The van der Waals surface area contributed by atoms with Gasteiger partial charge in [0.2, 0.25) is 5.91 Å². The molecule has 0 fully saturated rings. The summed E-state index contributed by atoms with van der Waals surface area (Å²) in [5.41, 5.74) is 0. The number of nitrogens with zero attached hydrogens (tertiary/aromatic N) is 1. The van der Waals surface area contributed by atoms with Gasteiger partial charge in [-0.05, 0) is 25.3 Å². The Labute approximate surface area is 151 Å². The topological polar surface area (TPSA) is 77.5 Å². The average molecular weight is 327 g/mol. The molecule has 0 heterocycles. The summed E-state index contributed by atoms with van der Waals surface area (Å²) in [6.45, 7) is 2.45. The standard InChI is InChI=1S/C14H27NO4S.Na/c1-3-4-5-6-7-8-9-11-14(16)15(2)12-10-13-20(17,18)19;/h9,11H,3-8,10,12-13H2,1-2H3,(H,17,18,19);/q;+1/p-1/b11-9+;. The van der Waals surface area contributed by atoms with Crippen molar-refractivity contribution in [2.45, 2.75) is 51.9 Å². The number of unbranched alkanes of at least 4 members (excludes halogenated alkanes) is 5. The molecule has 0 radical (unpaired) electrons. The Morgan fingerprint density at radius 2 is 1.76 bits per heavy atom. The van der Waals surface area contributed by atoms with E-state index in [0.29, 0.717) is 0 Å². The van der Waals surface area contributed by atoms with E-state index in [0.717, 1.165) is 12.8 Å². The SMILES string of the molecule is CCCCCCC/C=C/C(=O)N(C)CCCS(=O)(=O)[O-].[Na+]. The summed E-state index contributed by atoms with van der Waals surface area (Å²) in [5.74, 6) is -0.576. The van der Waals surface area contributed by atoms with E-state index in [4.69, 9.17) is 0 Å². The first-order valence-electron chi connectivity index (χ1n) is 7.22.